The number of aromatic nitrogens is 2. The summed E-state index contributed by atoms with van der Waals surface area (Å²) in [6, 6.07) is 8.37. The number of aliphatic hydroxyl groups is 1. The number of likely N-dealkylation sites (tertiary alicyclic amines) is 1. The smallest absolute Gasteiger partial charge is 0.416 e. The number of nitrogens with zero attached hydrogens (tertiary/aromatic N) is 3. The van der Waals surface area contributed by atoms with E-state index in [1.807, 2.05) is 4.90 Å². The van der Waals surface area contributed by atoms with E-state index in [1.165, 1.54) is 13.2 Å². The Morgan fingerprint density at radius 3 is 2.68 bits per heavy atom. The number of hydrogen-bond donors (Lipinski definition) is 1. The van der Waals surface area contributed by atoms with Crippen molar-refractivity contribution in [1.82, 2.24) is 15.1 Å². The maximum atomic E-state index is 13.0. The van der Waals surface area contributed by atoms with Gasteiger partial charge in [0.15, 0.2) is 0 Å². The molecule has 1 aliphatic rings. The Morgan fingerprint density at radius 1 is 1.24 bits per heavy atom. The van der Waals surface area contributed by atoms with Crippen LogP contribution in [0.2, 0.25) is 0 Å². The van der Waals surface area contributed by atoms with Crippen LogP contribution < -0.4 is 4.74 Å². The van der Waals surface area contributed by atoms with Gasteiger partial charge in [-0.1, -0.05) is 12.1 Å². The minimum Gasteiger partial charge on any atom is -0.480 e. The lowest BCUT2D eigenvalue weighted by Gasteiger charge is -2.24. The normalized spacial score (nSPS) is 21.5. The molecular weight excluding hydrogens is 335 g/mol. The van der Waals surface area contributed by atoms with E-state index in [9.17, 15) is 18.3 Å². The van der Waals surface area contributed by atoms with E-state index in [4.69, 9.17) is 4.74 Å². The van der Waals surface area contributed by atoms with Crippen LogP contribution in [-0.4, -0.2) is 40.0 Å². The molecule has 0 spiro atoms. The van der Waals surface area contributed by atoms with Crippen LogP contribution in [0.3, 0.4) is 0 Å². The molecule has 1 aromatic heterocycles. The maximum absolute atomic E-state index is 13.0. The standard InChI is InChI=1S/C17H18F3N3O2/c1-25-16-6-5-13(21-22-16)9-23-10-14(24)8-15(23)11-3-2-4-12(7-11)17(18,19)20/h2-7,14-15,24H,8-10H2,1H3/t14-,15-/m1/s1. The fraction of sp³-hybridized carbons (Fsp3) is 0.412. The molecular formula is C17H18F3N3O2. The van der Waals surface area contributed by atoms with Crippen molar-refractivity contribution in [3.05, 3.63) is 53.2 Å². The molecule has 0 radical (unpaired) electrons. The third-order valence-electron chi connectivity index (χ3n) is 4.25. The molecule has 0 bridgehead atoms. The number of alkyl halides is 3. The molecule has 1 N–H and O–H groups in total. The van der Waals surface area contributed by atoms with Gasteiger partial charge in [-0.3, -0.25) is 4.90 Å². The lowest BCUT2D eigenvalue weighted by Crippen LogP contribution is -2.25. The van der Waals surface area contributed by atoms with Gasteiger partial charge in [0, 0.05) is 25.2 Å². The van der Waals surface area contributed by atoms with Crippen molar-refractivity contribution in [3.8, 4) is 5.88 Å². The van der Waals surface area contributed by atoms with E-state index in [0.717, 1.165) is 12.1 Å². The molecule has 134 valence electrons. The highest BCUT2D eigenvalue weighted by molar-refractivity contribution is 5.29. The van der Waals surface area contributed by atoms with Gasteiger partial charge in [0.05, 0.1) is 24.5 Å². The van der Waals surface area contributed by atoms with Gasteiger partial charge in [-0.15, -0.1) is 5.10 Å². The van der Waals surface area contributed by atoms with Crippen LogP contribution in [0.4, 0.5) is 13.2 Å². The number of aliphatic hydroxyl groups excluding tert-OH is 1. The average molecular weight is 353 g/mol. The first-order chi connectivity index (χ1) is 11.9. The molecule has 5 nitrogen and oxygen atoms in total. The molecule has 8 heteroatoms. The number of rotatable bonds is 4. The Kier molecular flexibility index (Phi) is 4.91. The Hall–Kier alpha value is -2.19. The van der Waals surface area contributed by atoms with Crippen LogP contribution in [0.5, 0.6) is 5.88 Å². The first kappa shape index (κ1) is 17.6. The number of β-amino-alcohol motifs (C(OH)–C–C–N with tert-alkyl or cyclic N) is 1. The van der Waals surface area contributed by atoms with Crippen molar-refractivity contribution in [1.29, 1.82) is 0 Å². The highest BCUT2D eigenvalue weighted by Gasteiger charge is 2.35. The summed E-state index contributed by atoms with van der Waals surface area (Å²) in [5.74, 6) is 0.389. The summed E-state index contributed by atoms with van der Waals surface area (Å²) >= 11 is 0. The van der Waals surface area contributed by atoms with Gasteiger partial charge in [0.2, 0.25) is 5.88 Å². The summed E-state index contributed by atoms with van der Waals surface area (Å²) in [6.07, 6.45) is -4.60. The summed E-state index contributed by atoms with van der Waals surface area (Å²) in [5.41, 5.74) is 0.510. The Morgan fingerprint density at radius 2 is 2.04 bits per heavy atom. The van der Waals surface area contributed by atoms with Gasteiger partial charge in [-0.25, -0.2) is 0 Å². The Labute approximate surface area is 143 Å². The Bertz CT molecular complexity index is 722. The van der Waals surface area contributed by atoms with E-state index in [1.54, 1.807) is 18.2 Å². The van der Waals surface area contributed by atoms with E-state index in [0.29, 0.717) is 36.6 Å². The van der Waals surface area contributed by atoms with Gasteiger partial charge in [0.1, 0.15) is 0 Å². The first-order valence-electron chi connectivity index (χ1n) is 7.82. The van der Waals surface area contributed by atoms with Crippen LogP contribution in [0.15, 0.2) is 36.4 Å². The van der Waals surface area contributed by atoms with Crippen molar-refractivity contribution in [2.75, 3.05) is 13.7 Å². The molecule has 25 heavy (non-hydrogen) atoms. The average Bonchev–Trinajstić information content (AvgIpc) is 2.95. The van der Waals surface area contributed by atoms with Crippen molar-refractivity contribution < 1.29 is 23.0 Å². The summed E-state index contributed by atoms with van der Waals surface area (Å²) in [4.78, 5) is 1.91. The molecule has 2 heterocycles. The maximum Gasteiger partial charge on any atom is 0.416 e. The van der Waals surface area contributed by atoms with Crippen molar-refractivity contribution >= 4 is 0 Å². The lowest BCUT2D eigenvalue weighted by atomic mass is 10.0. The fourth-order valence-corrected chi connectivity index (χ4v) is 3.07. The zero-order valence-corrected chi connectivity index (χ0v) is 13.6. The number of halogens is 3. The topological polar surface area (TPSA) is 58.5 Å². The molecule has 1 saturated heterocycles. The third-order valence-corrected chi connectivity index (χ3v) is 4.25. The van der Waals surface area contributed by atoms with Crippen LogP contribution in [0.25, 0.3) is 0 Å². The molecule has 2 aromatic rings. The number of benzene rings is 1. The fourth-order valence-electron chi connectivity index (χ4n) is 3.07. The van der Waals surface area contributed by atoms with Gasteiger partial charge in [0.25, 0.3) is 0 Å². The molecule has 2 atom stereocenters. The van der Waals surface area contributed by atoms with Crippen LogP contribution in [-0.2, 0) is 12.7 Å². The van der Waals surface area contributed by atoms with Gasteiger partial charge in [-0.05, 0) is 30.2 Å². The minimum absolute atomic E-state index is 0.304. The summed E-state index contributed by atoms with van der Waals surface area (Å²) in [7, 11) is 1.49. The number of hydrogen-bond acceptors (Lipinski definition) is 5. The molecule has 0 aliphatic carbocycles. The third kappa shape index (κ3) is 4.08. The number of ether oxygens (including phenoxy) is 1. The molecule has 0 unspecified atom stereocenters. The van der Waals surface area contributed by atoms with Crippen LogP contribution in [0.1, 0.15) is 29.3 Å². The minimum atomic E-state index is -4.39. The van der Waals surface area contributed by atoms with E-state index < -0.39 is 17.8 Å². The number of methoxy groups -OCH3 is 1. The summed E-state index contributed by atoms with van der Waals surface area (Å²) in [5, 5.41) is 17.9. The predicted molar refractivity (Wildman–Crippen MR) is 83.8 cm³/mol. The molecule has 1 fully saturated rings. The van der Waals surface area contributed by atoms with Gasteiger partial charge >= 0.3 is 6.18 Å². The van der Waals surface area contributed by atoms with Crippen LogP contribution in [0, 0.1) is 0 Å². The second kappa shape index (κ2) is 6.97. The van der Waals surface area contributed by atoms with Crippen molar-refractivity contribution in [2.45, 2.75) is 31.3 Å². The molecule has 0 amide bonds. The Balaban J connectivity index is 1.81. The summed E-state index contributed by atoms with van der Waals surface area (Å²) in [6.45, 7) is 0.754. The second-order valence-corrected chi connectivity index (χ2v) is 6.03. The SMILES string of the molecule is COc1ccc(CN2C[C@H](O)C[C@@H]2c2cccc(C(F)(F)F)c2)nn1. The van der Waals surface area contributed by atoms with Crippen LogP contribution >= 0.6 is 0 Å². The molecule has 1 aliphatic heterocycles. The largest absolute Gasteiger partial charge is 0.480 e. The zero-order valence-electron chi connectivity index (χ0n) is 13.6. The van der Waals surface area contributed by atoms with E-state index in [-0.39, 0.29) is 6.04 Å². The quantitative estimate of drug-likeness (QED) is 0.916. The first-order valence-corrected chi connectivity index (χ1v) is 7.82. The zero-order chi connectivity index (χ0) is 18.0. The highest BCUT2D eigenvalue weighted by atomic mass is 19.4. The lowest BCUT2D eigenvalue weighted by molar-refractivity contribution is -0.137. The van der Waals surface area contributed by atoms with Gasteiger partial charge < -0.3 is 9.84 Å². The van der Waals surface area contributed by atoms with E-state index in [2.05, 4.69) is 10.2 Å². The van der Waals surface area contributed by atoms with Gasteiger partial charge in [-0.2, -0.15) is 18.3 Å². The molecule has 3 rings (SSSR count). The predicted octanol–water partition coefficient (Wildman–Crippen LogP) is 2.81. The highest BCUT2D eigenvalue weighted by Crippen LogP contribution is 2.36. The molecule has 0 saturated carbocycles. The monoisotopic (exact) mass is 353 g/mol. The van der Waals surface area contributed by atoms with Crippen molar-refractivity contribution in [3.63, 3.8) is 0 Å². The van der Waals surface area contributed by atoms with E-state index >= 15 is 0 Å². The summed E-state index contributed by atoms with van der Waals surface area (Å²) < 4.78 is 43.8. The molecule has 1 aromatic carbocycles. The second-order valence-electron chi connectivity index (χ2n) is 6.03. The van der Waals surface area contributed by atoms with Crippen molar-refractivity contribution in [2.24, 2.45) is 0 Å².